The summed E-state index contributed by atoms with van der Waals surface area (Å²) in [6.45, 7) is 8.21. The van der Waals surface area contributed by atoms with Crippen LogP contribution in [0.5, 0.6) is 17.2 Å². The molecule has 12 rings (SSSR count). The van der Waals surface area contributed by atoms with Crippen molar-refractivity contribution in [2.75, 3.05) is 106 Å². The molecule has 19 nitrogen and oxygen atoms in total. The van der Waals surface area contributed by atoms with Gasteiger partial charge in [-0.2, -0.15) is 0 Å². The number of carboxylic acids is 1. The second-order valence-electron chi connectivity index (χ2n) is 22.2. The Morgan fingerprint density at radius 1 is 0.452 bits per heavy atom. The van der Waals surface area contributed by atoms with Crippen LogP contribution in [-0.4, -0.2) is 119 Å². The number of nitrogens with two attached hydrogens (primary N) is 1. The fourth-order valence-corrected chi connectivity index (χ4v) is 11.1. The number of rotatable bonds is 19. The van der Waals surface area contributed by atoms with E-state index in [1.54, 1.807) is 61.1 Å². The fraction of sp³-hybridized carbons (Fsp3) is 0.257. The molecule has 6 heterocycles. The van der Waals surface area contributed by atoms with Crippen LogP contribution in [0.25, 0.3) is 33.4 Å². The standard InChI is InChI=1S/C25H27N3O3.C24H25N3O3.C14H14N2O3.C11H13NO/c1-30-23-10-8-19(15-22(23)25(29)31-2)20-9-11-24(27-17-20)26-16-18-6-5-7-21(14-18)28-12-3-4-13-28;1-30-22-9-7-18(14-21(22)24(28)29)19-8-10-23(26-16-19)25-15-17-5-4-6-20(13-17)27-11-2-3-12-27;1-18-12-5-3-9(7-11(12)14(17)19-2)10-4-6-13(15)16-8-10;13-9-10-4-3-5-11(8-10)12-6-1-2-7-12/h5-11,14-15,17H,3-4,12-13,16H2,1-2H3,(H,26,27);4-10,13-14,16H,2-3,11-12,15H2,1H3,(H,25,26)(H,28,29);3-8H,1-2H3,(H2,15,16);3-5,8-9H,1-2,6-7H2. The van der Waals surface area contributed by atoms with Gasteiger partial charge in [0, 0.05) is 110 Å². The highest BCUT2D eigenvalue weighted by Gasteiger charge is 2.19. The molecule has 93 heavy (non-hydrogen) atoms. The summed E-state index contributed by atoms with van der Waals surface area (Å²) in [7, 11) is 7.19. The van der Waals surface area contributed by atoms with Crippen LogP contribution in [-0.2, 0) is 22.6 Å². The zero-order valence-electron chi connectivity index (χ0n) is 53.2. The number of nitrogens with one attached hydrogen (secondary N) is 2. The van der Waals surface area contributed by atoms with Crippen molar-refractivity contribution in [1.82, 2.24) is 15.0 Å². The van der Waals surface area contributed by atoms with Gasteiger partial charge in [0.05, 0.1) is 35.5 Å². The highest BCUT2D eigenvalue weighted by molar-refractivity contribution is 5.95. The van der Waals surface area contributed by atoms with Crippen LogP contribution in [0.15, 0.2) is 182 Å². The Morgan fingerprint density at radius 3 is 1.17 bits per heavy atom. The lowest BCUT2D eigenvalue weighted by molar-refractivity contribution is 0.0588. The first kappa shape index (κ1) is 66.5. The normalized spacial score (nSPS) is 13.0. The van der Waals surface area contributed by atoms with Crippen LogP contribution in [0.4, 0.5) is 34.5 Å². The number of aldehydes is 1. The van der Waals surface area contributed by atoms with Crippen LogP contribution in [0.3, 0.4) is 0 Å². The molecule has 9 aromatic rings. The van der Waals surface area contributed by atoms with Gasteiger partial charge in [0.1, 0.15) is 57.7 Å². The number of pyridine rings is 3. The number of benzene rings is 6. The van der Waals surface area contributed by atoms with E-state index in [1.807, 2.05) is 66.7 Å². The Labute approximate surface area is 543 Å². The molecule has 0 atom stereocenters. The van der Waals surface area contributed by atoms with Gasteiger partial charge < -0.3 is 59.9 Å². The van der Waals surface area contributed by atoms with E-state index in [4.69, 9.17) is 29.4 Å². The summed E-state index contributed by atoms with van der Waals surface area (Å²) in [5, 5.41) is 16.1. The maximum absolute atomic E-state index is 12.0. The molecular weight excluding hydrogens is 1170 g/mol. The number of hydrogen-bond donors (Lipinski definition) is 4. The Hall–Kier alpha value is -11.0. The summed E-state index contributed by atoms with van der Waals surface area (Å²) in [6.07, 6.45) is 13.7. The lowest BCUT2D eigenvalue weighted by atomic mass is 10.0. The highest BCUT2D eigenvalue weighted by Crippen LogP contribution is 2.32. The van der Waals surface area contributed by atoms with E-state index in [-0.39, 0.29) is 5.56 Å². The van der Waals surface area contributed by atoms with Gasteiger partial charge in [-0.05, 0) is 176 Å². The molecule has 0 radical (unpaired) electrons. The van der Waals surface area contributed by atoms with Crippen molar-refractivity contribution in [3.8, 4) is 50.6 Å². The molecule has 6 aromatic carbocycles. The molecule has 19 heteroatoms. The van der Waals surface area contributed by atoms with Crippen molar-refractivity contribution in [2.24, 2.45) is 0 Å². The lowest BCUT2D eigenvalue weighted by Gasteiger charge is -2.18. The van der Waals surface area contributed by atoms with Crippen molar-refractivity contribution in [3.63, 3.8) is 0 Å². The van der Waals surface area contributed by atoms with Crippen LogP contribution in [0.1, 0.15) is 91.1 Å². The largest absolute Gasteiger partial charge is 0.496 e. The zero-order valence-corrected chi connectivity index (χ0v) is 53.2. The average Bonchev–Trinajstić information content (AvgIpc) is 1.94. The number of methoxy groups -OCH3 is 5. The Balaban J connectivity index is 0.000000153. The van der Waals surface area contributed by atoms with E-state index in [0.717, 1.165) is 96.1 Å². The first-order chi connectivity index (χ1) is 45.4. The number of aromatic carboxylic acids is 1. The van der Waals surface area contributed by atoms with E-state index in [0.29, 0.717) is 47.3 Å². The van der Waals surface area contributed by atoms with Crippen molar-refractivity contribution in [3.05, 3.63) is 216 Å². The van der Waals surface area contributed by atoms with Crippen LogP contribution >= 0.6 is 0 Å². The first-order valence-corrected chi connectivity index (χ1v) is 30.9. The van der Waals surface area contributed by atoms with Crippen molar-refractivity contribution in [2.45, 2.75) is 51.6 Å². The molecular formula is C74H79N9O10. The van der Waals surface area contributed by atoms with Gasteiger partial charge in [0.2, 0.25) is 0 Å². The van der Waals surface area contributed by atoms with Gasteiger partial charge in [0.15, 0.2) is 0 Å². The van der Waals surface area contributed by atoms with Crippen molar-refractivity contribution < 1.29 is 48.0 Å². The second kappa shape index (κ2) is 33.2. The summed E-state index contributed by atoms with van der Waals surface area (Å²) >= 11 is 0. The van der Waals surface area contributed by atoms with E-state index in [9.17, 15) is 24.3 Å². The average molecular weight is 1250 g/mol. The predicted octanol–water partition coefficient (Wildman–Crippen LogP) is 13.6. The summed E-state index contributed by atoms with van der Waals surface area (Å²) < 4.78 is 25.1. The predicted molar refractivity (Wildman–Crippen MR) is 366 cm³/mol. The molecule has 0 spiro atoms. The number of anilines is 6. The molecule has 480 valence electrons. The number of hydrogen-bond acceptors (Lipinski definition) is 18. The maximum atomic E-state index is 12.0. The Kier molecular flexibility index (Phi) is 23.7. The smallest absolute Gasteiger partial charge is 0.341 e. The van der Waals surface area contributed by atoms with Gasteiger partial charge >= 0.3 is 17.9 Å². The van der Waals surface area contributed by atoms with Gasteiger partial charge in [-0.3, -0.25) is 4.79 Å². The van der Waals surface area contributed by atoms with Gasteiger partial charge in [0.25, 0.3) is 0 Å². The molecule has 0 bridgehead atoms. The quantitative estimate of drug-likeness (QED) is 0.0435. The number of carboxylic acid groups (broad SMARTS) is 1. The summed E-state index contributed by atoms with van der Waals surface area (Å²) in [4.78, 5) is 66.0. The van der Waals surface area contributed by atoms with E-state index in [1.165, 1.54) is 102 Å². The maximum Gasteiger partial charge on any atom is 0.341 e. The summed E-state index contributed by atoms with van der Waals surface area (Å²) in [6, 6.07) is 52.2. The van der Waals surface area contributed by atoms with E-state index >= 15 is 0 Å². The number of esters is 2. The molecule has 3 fully saturated rings. The Bertz CT molecular complexity index is 3940. The number of nitrogens with zero attached hydrogens (tertiary/aromatic N) is 6. The lowest BCUT2D eigenvalue weighted by Crippen LogP contribution is -2.17. The second-order valence-corrected chi connectivity index (χ2v) is 22.2. The monoisotopic (exact) mass is 1250 g/mol. The molecule has 3 aliphatic rings. The van der Waals surface area contributed by atoms with Gasteiger partial charge in [-0.15, -0.1) is 0 Å². The summed E-state index contributed by atoms with van der Waals surface area (Å²) in [5.74, 6) is 1.43. The molecule has 0 saturated carbocycles. The van der Waals surface area contributed by atoms with Crippen molar-refractivity contribution >= 4 is 58.7 Å². The third-order valence-corrected chi connectivity index (χ3v) is 16.1. The first-order valence-electron chi connectivity index (χ1n) is 30.9. The number of carbonyl (C=O) groups excluding carboxylic acids is 3. The minimum atomic E-state index is -1.02. The molecule has 5 N–H and O–H groups in total. The molecule has 0 amide bonds. The van der Waals surface area contributed by atoms with Crippen molar-refractivity contribution in [1.29, 1.82) is 0 Å². The number of carbonyl (C=O) groups is 4. The highest BCUT2D eigenvalue weighted by atomic mass is 16.5. The van der Waals surface area contributed by atoms with Crippen LogP contribution < -0.4 is 45.3 Å². The number of ether oxygens (including phenoxy) is 5. The van der Waals surface area contributed by atoms with Crippen LogP contribution in [0.2, 0.25) is 0 Å². The van der Waals surface area contributed by atoms with Crippen LogP contribution in [0, 0.1) is 0 Å². The number of nitrogen functional groups attached to an aromatic ring is 1. The minimum absolute atomic E-state index is 0.134. The topological polar surface area (TPSA) is 233 Å². The third kappa shape index (κ3) is 18.1. The van der Waals surface area contributed by atoms with Gasteiger partial charge in [-0.1, -0.05) is 54.6 Å². The third-order valence-electron chi connectivity index (χ3n) is 16.1. The molecule has 3 aliphatic heterocycles. The van der Waals surface area contributed by atoms with E-state index < -0.39 is 17.9 Å². The molecule has 0 unspecified atom stereocenters. The Morgan fingerprint density at radius 2 is 0.817 bits per heavy atom. The molecule has 0 aliphatic carbocycles. The number of aromatic nitrogens is 3. The zero-order chi connectivity index (χ0) is 65.5. The fourth-order valence-electron chi connectivity index (χ4n) is 11.1. The minimum Gasteiger partial charge on any atom is -0.496 e. The van der Waals surface area contributed by atoms with E-state index in [2.05, 4.69) is 94.9 Å². The van der Waals surface area contributed by atoms with Gasteiger partial charge in [-0.25, -0.2) is 29.3 Å². The molecule has 3 aromatic heterocycles. The SMILES string of the molecule is COC(=O)c1cc(-c2ccc(N)nc2)ccc1OC.COC(=O)c1cc(-c2ccc(NCc3cccc(N4CCCC4)c3)nc2)ccc1OC.COc1ccc(-c2ccc(NCc3cccc(N4CCCC4)c3)nc2)cc1C(=O)O.O=Cc1cccc(N2CCCC2)c1. The summed E-state index contributed by atoms with van der Waals surface area (Å²) in [5.41, 5.74) is 18.5. The molecule has 3 saturated heterocycles.